The Hall–Kier alpha value is -1.98. The van der Waals surface area contributed by atoms with Gasteiger partial charge in [0.15, 0.2) is 0 Å². The number of carboxylic acid groups (broad SMARTS) is 1. The van der Waals surface area contributed by atoms with Crippen molar-refractivity contribution in [1.82, 2.24) is 0 Å². The van der Waals surface area contributed by atoms with Crippen molar-refractivity contribution in [2.45, 2.75) is 25.7 Å². The van der Waals surface area contributed by atoms with Crippen molar-refractivity contribution in [2.24, 2.45) is 0 Å². The summed E-state index contributed by atoms with van der Waals surface area (Å²) in [6.07, 6.45) is 0.263. The molecule has 0 aliphatic rings. The highest BCUT2D eigenvalue weighted by Crippen LogP contribution is 2.30. The lowest BCUT2D eigenvalue weighted by atomic mass is 9.80. The van der Waals surface area contributed by atoms with E-state index in [1.54, 1.807) is 6.92 Å². The van der Waals surface area contributed by atoms with Crippen LogP contribution < -0.4 is 0 Å². The summed E-state index contributed by atoms with van der Waals surface area (Å²) >= 11 is 0. The summed E-state index contributed by atoms with van der Waals surface area (Å²) in [5, 5.41) is 19.5. The van der Waals surface area contributed by atoms with Crippen molar-refractivity contribution in [3.8, 4) is 0 Å². The van der Waals surface area contributed by atoms with Gasteiger partial charge in [-0.25, -0.2) is 0 Å². The molecule has 1 unspecified atom stereocenters. The standard InChI is InChI=1S/C11H12FNO4/c1-3-11(2,10(14)15)7-4-5-9(13(16)17)8(12)6-7/h4-6H,3H2,1-2H3,(H,14,15). The van der Waals surface area contributed by atoms with E-state index < -0.39 is 27.8 Å². The Morgan fingerprint density at radius 3 is 2.53 bits per heavy atom. The zero-order chi connectivity index (χ0) is 13.2. The molecule has 0 aromatic heterocycles. The topological polar surface area (TPSA) is 80.4 Å². The molecule has 1 atom stereocenters. The molecule has 1 aromatic rings. The summed E-state index contributed by atoms with van der Waals surface area (Å²) in [6.45, 7) is 3.11. The van der Waals surface area contributed by atoms with Gasteiger partial charge in [-0.3, -0.25) is 14.9 Å². The van der Waals surface area contributed by atoms with E-state index in [2.05, 4.69) is 0 Å². The Kier molecular flexibility index (Phi) is 3.45. The van der Waals surface area contributed by atoms with Crippen molar-refractivity contribution in [2.75, 3.05) is 0 Å². The lowest BCUT2D eigenvalue weighted by molar-refractivity contribution is -0.387. The fourth-order valence-corrected chi connectivity index (χ4v) is 1.48. The van der Waals surface area contributed by atoms with E-state index in [1.165, 1.54) is 13.0 Å². The Balaban J connectivity index is 3.30. The van der Waals surface area contributed by atoms with Gasteiger partial charge in [0.25, 0.3) is 0 Å². The zero-order valence-electron chi connectivity index (χ0n) is 9.44. The summed E-state index contributed by atoms with van der Waals surface area (Å²) in [6, 6.07) is 3.18. The lowest BCUT2D eigenvalue weighted by Gasteiger charge is -2.23. The van der Waals surface area contributed by atoms with Crippen molar-refractivity contribution >= 4 is 11.7 Å². The van der Waals surface area contributed by atoms with E-state index in [0.717, 1.165) is 12.1 Å². The van der Waals surface area contributed by atoms with Crippen LogP contribution in [-0.2, 0) is 10.2 Å². The minimum Gasteiger partial charge on any atom is -0.481 e. The van der Waals surface area contributed by atoms with Crippen LogP contribution in [0.4, 0.5) is 10.1 Å². The van der Waals surface area contributed by atoms with E-state index in [-0.39, 0.29) is 12.0 Å². The number of benzene rings is 1. The maximum absolute atomic E-state index is 13.4. The second kappa shape index (κ2) is 4.48. The predicted molar refractivity (Wildman–Crippen MR) is 58.3 cm³/mol. The minimum absolute atomic E-state index is 0.218. The first-order valence-electron chi connectivity index (χ1n) is 5.00. The minimum atomic E-state index is -1.24. The second-order valence-corrected chi connectivity index (χ2v) is 3.91. The number of hydrogen-bond acceptors (Lipinski definition) is 3. The summed E-state index contributed by atoms with van der Waals surface area (Å²) in [4.78, 5) is 20.7. The normalized spacial score (nSPS) is 14.1. The molecule has 0 aliphatic carbocycles. The van der Waals surface area contributed by atoms with Crippen LogP contribution in [0.15, 0.2) is 18.2 Å². The van der Waals surface area contributed by atoms with Crippen LogP contribution in [0, 0.1) is 15.9 Å². The SMILES string of the molecule is CCC(C)(C(=O)O)c1ccc([N+](=O)[O-])c(F)c1. The quantitative estimate of drug-likeness (QED) is 0.648. The van der Waals surface area contributed by atoms with E-state index in [4.69, 9.17) is 5.11 Å². The molecule has 0 heterocycles. The van der Waals surface area contributed by atoms with Crippen LogP contribution in [-0.4, -0.2) is 16.0 Å². The molecule has 17 heavy (non-hydrogen) atoms. The number of rotatable bonds is 4. The third-order valence-corrected chi connectivity index (χ3v) is 2.96. The van der Waals surface area contributed by atoms with Crippen LogP contribution >= 0.6 is 0 Å². The van der Waals surface area contributed by atoms with Crippen molar-refractivity contribution in [3.05, 3.63) is 39.7 Å². The van der Waals surface area contributed by atoms with E-state index in [0.29, 0.717) is 0 Å². The largest absolute Gasteiger partial charge is 0.481 e. The van der Waals surface area contributed by atoms with Gasteiger partial charge >= 0.3 is 11.7 Å². The number of aliphatic carboxylic acids is 1. The van der Waals surface area contributed by atoms with Gasteiger partial charge in [0, 0.05) is 6.07 Å². The number of hydrogen-bond donors (Lipinski definition) is 1. The van der Waals surface area contributed by atoms with Crippen molar-refractivity contribution < 1.29 is 19.2 Å². The fraction of sp³-hybridized carbons (Fsp3) is 0.364. The lowest BCUT2D eigenvalue weighted by Crippen LogP contribution is -2.31. The molecule has 1 rings (SSSR count). The Morgan fingerprint density at radius 1 is 1.59 bits per heavy atom. The maximum Gasteiger partial charge on any atom is 0.313 e. The van der Waals surface area contributed by atoms with Gasteiger partial charge in [0.1, 0.15) is 0 Å². The van der Waals surface area contributed by atoms with E-state index >= 15 is 0 Å². The molecule has 0 saturated carbocycles. The average Bonchev–Trinajstić information content (AvgIpc) is 2.26. The molecule has 5 nitrogen and oxygen atoms in total. The highest BCUT2D eigenvalue weighted by atomic mass is 19.1. The molecule has 0 saturated heterocycles. The highest BCUT2D eigenvalue weighted by Gasteiger charge is 2.34. The van der Waals surface area contributed by atoms with Crippen LogP contribution in [0.2, 0.25) is 0 Å². The summed E-state index contributed by atoms with van der Waals surface area (Å²) < 4.78 is 13.4. The third kappa shape index (κ3) is 2.25. The van der Waals surface area contributed by atoms with Gasteiger partial charge in [0.2, 0.25) is 5.82 Å². The molecule has 0 radical (unpaired) electrons. The van der Waals surface area contributed by atoms with Crippen LogP contribution in [0.5, 0.6) is 0 Å². The first kappa shape index (κ1) is 13.1. The molecule has 0 spiro atoms. The molecule has 0 bridgehead atoms. The number of nitrogens with zero attached hydrogens (tertiary/aromatic N) is 1. The monoisotopic (exact) mass is 241 g/mol. The van der Waals surface area contributed by atoms with Crippen LogP contribution in [0.1, 0.15) is 25.8 Å². The molecular weight excluding hydrogens is 229 g/mol. The van der Waals surface area contributed by atoms with Gasteiger partial charge < -0.3 is 5.11 Å². The van der Waals surface area contributed by atoms with Gasteiger partial charge in [-0.2, -0.15) is 4.39 Å². The molecular formula is C11H12FNO4. The van der Waals surface area contributed by atoms with Crippen molar-refractivity contribution in [3.63, 3.8) is 0 Å². The summed E-state index contributed by atoms with van der Waals surface area (Å²) in [7, 11) is 0. The molecule has 0 aliphatic heterocycles. The zero-order valence-corrected chi connectivity index (χ0v) is 9.44. The molecule has 92 valence electrons. The molecule has 0 amide bonds. The Morgan fingerprint density at radius 2 is 2.18 bits per heavy atom. The van der Waals surface area contributed by atoms with Gasteiger partial charge in [-0.1, -0.05) is 13.0 Å². The van der Waals surface area contributed by atoms with Crippen molar-refractivity contribution in [1.29, 1.82) is 0 Å². The van der Waals surface area contributed by atoms with Gasteiger partial charge in [0.05, 0.1) is 10.3 Å². The number of halogens is 1. The van der Waals surface area contributed by atoms with E-state index in [9.17, 15) is 19.3 Å². The number of nitro groups is 1. The highest BCUT2D eigenvalue weighted by molar-refractivity contribution is 5.80. The van der Waals surface area contributed by atoms with Gasteiger partial charge in [-0.15, -0.1) is 0 Å². The maximum atomic E-state index is 13.4. The molecule has 6 heteroatoms. The smallest absolute Gasteiger partial charge is 0.313 e. The summed E-state index contributed by atoms with van der Waals surface area (Å²) in [5.41, 5.74) is -1.68. The number of carboxylic acids is 1. The molecule has 1 N–H and O–H groups in total. The average molecular weight is 241 g/mol. The number of nitro benzene ring substituents is 1. The third-order valence-electron chi connectivity index (χ3n) is 2.96. The van der Waals surface area contributed by atoms with Crippen LogP contribution in [0.25, 0.3) is 0 Å². The number of carbonyl (C=O) groups is 1. The second-order valence-electron chi connectivity index (χ2n) is 3.91. The first-order valence-corrected chi connectivity index (χ1v) is 5.00. The summed E-state index contributed by atoms with van der Waals surface area (Å²) in [5.74, 6) is -2.11. The molecule has 0 fully saturated rings. The van der Waals surface area contributed by atoms with E-state index in [1.807, 2.05) is 0 Å². The van der Waals surface area contributed by atoms with Gasteiger partial charge in [-0.05, 0) is 25.0 Å². The predicted octanol–water partition coefficient (Wildman–Crippen LogP) is 2.49. The fourth-order valence-electron chi connectivity index (χ4n) is 1.48. The van der Waals surface area contributed by atoms with Crippen LogP contribution in [0.3, 0.4) is 0 Å². The first-order chi connectivity index (χ1) is 7.82. The Labute approximate surface area is 97.0 Å². The molecule has 1 aromatic carbocycles. The Bertz CT molecular complexity index is 475.